The Labute approximate surface area is 408 Å². The normalized spacial score (nSPS) is 13.8. The average Bonchev–Trinajstić information content (AvgIpc) is 3.31. The number of rotatable bonds is 49. The summed E-state index contributed by atoms with van der Waals surface area (Å²) in [6.45, 7) is 6.41. The highest BCUT2D eigenvalue weighted by molar-refractivity contribution is 5.77. The van der Waals surface area contributed by atoms with E-state index in [0.717, 1.165) is 96.3 Å². The van der Waals surface area contributed by atoms with Crippen LogP contribution in [0.4, 0.5) is 0 Å². The molecule has 0 aromatic carbocycles. The first kappa shape index (κ1) is 63.0. The molecule has 0 rings (SSSR count). The number of hydrogen-bond acceptors (Lipinski definition) is 5. The van der Waals surface area contributed by atoms with Crippen molar-refractivity contribution in [2.75, 3.05) is 6.61 Å². The van der Waals surface area contributed by atoms with Crippen LogP contribution < -0.4 is 5.32 Å². The van der Waals surface area contributed by atoms with Crippen LogP contribution in [-0.2, 0) is 14.3 Å². The van der Waals surface area contributed by atoms with Gasteiger partial charge < -0.3 is 20.3 Å². The van der Waals surface area contributed by atoms with Gasteiger partial charge in [0.15, 0.2) is 0 Å². The van der Waals surface area contributed by atoms with E-state index < -0.39 is 18.2 Å². The monoisotopic (exact) mass is 920 g/mol. The molecule has 0 radical (unpaired) electrons. The second-order valence-electron chi connectivity index (χ2n) is 18.7. The highest BCUT2D eigenvalue weighted by atomic mass is 16.5. The minimum Gasteiger partial charge on any atom is -0.462 e. The third kappa shape index (κ3) is 47.5. The van der Waals surface area contributed by atoms with Gasteiger partial charge in [-0.1, -0.05) is 241 Å². The third-order valence-electron chi connectivity index (χ3n) is 12.3. The van der Waals surface area contributed by atoms with Crippen molar-refractivity contribution in [2.45, 2.75) is 277 Å². The fourth-order valence-electron chi connectivity index (χ4n) is 8.04. The average molecular weight is 921 g/mol. The van der Waals surface area contributed by atoms with E-state index in [1.54, 1.807) is 0 Å². The summed E-state index contributed by atoms with van der Waals surface area (Å²) < 4.78 is 5.93. The maximum absolute atomic E-state index is 13.2. The SMILES string of the molecule is CCCCC/C=C\C/C=C\C/C=C\CCCCCCC(=O)OC(CCCCC/C=C/C=C/C=C/C=C/CCCCC)CC(=O)NC(CO)C(O)CCCCCCCCCCCCCCCC. The molecule has 0 aromatic heterocycles. The quantitative estimate of drug-likeness (QED) is 0.0245. The van der Waals surface area contributed by atoms with Crippen LogP contribution in [0.5, 0.6) is 0 Å². The smallest absolute Gasteiger partial charge is 0.306 e. The lowest BCUT2D eigenvalue weighted by atomic mass is 10.0. The summed E-state index contributed by atoms with van der Waals surface area (Å²) in [6, 6.07) is -0.724. The van der Waals surface area contributed by atoms with Gasteiger partial charge in [-0.2, -0.15) is 0 Å². The molecule has 0 aliphatic heterocycles. The summed E-state index contributed by atoms with van der Waals surface area (Å²) in [5.74, 6) is -0.539. The van der Waals surface area contributed by atoms with Crippen molar-refractivity contribution < 1.29 is 24.5 Å². The van der Waals surface area contributed by atoms with Crippen LogP contribution in [0.3, 0.4) is 0 Å². The van der Waals surface area contributed by atoms with Crippen molar-refractivity contribution in [3.63, 3.8) is 0 Å². The Kier molecular flexibility index (Phi) is 50.6. The van der Waals surface area contributed by atoms with E-state index in [4.69, 9.17) is 4.74 Å². The topological polar surface area (TPSA) is 95.9 Å². The molecule has 0 aromatic rings. The van der Waals surface area contributed by atoms with E-state index in [0.29, 0.717) is 19.3 Å². The van der Waals surface area contributed by atoms with Crippen LogP contribution in [0.2, 0.25) is 0 Å². The number of amides is 1. The molecule has 0 spiro atoms. The zero-order chi connectivity index (χ0) is 48.1. The first-order chi connectivity index (χ1) is 32.5. The third-order valence-corrected chi connectivity index (χ3v) is 12.3. The van der Waals surface area contributed by atoms with Crippen molar-refractivity contribution in [3.8, 4) is 0 Å². The van der Waals surface area contributed by atoms with Gasteiger partial charge in [-0.3, -0.25) is 9.59 Å². The van der Waals surface area contributed by atoms with Gasteiger partial charge in [0.25, 0.3) is 0 Å². The molecule has 3 atom stereocenters. The van der Waals surface area contributed by atoms with Gasteiger partial charge in [0.05, 0.1) is 25.2 Å². The maximum atomic E-state index is 13.2. The Morgan fingerprint density at radius 2 is 0.833 bits per heavy atom. The zero-order valence-corrected chi connectivity index (χ0v) is 43.3. The van der Waals surface area contributed by atoms with Gasteiger partial charge >= 0.3 is 5.97 Å². The van der Waals surface area contributed by atoms with E-state index in [9.17, 15) is 19.8 Å². The summed E-state index contributed by atoms with van der Waals surface area (Å²) in [4.78, 5) is 26.2. The molecule has 0 aliphatic carbocycles. The summed E-state index contributed by atoms with van der Waals surface area (Å²) >= 11 is 0. The van der Waals surface area contributed by atoms with Gasteiger partial charge in [-0.05, 0) is 89.9 Å². The van der Waals surface area contributed by atoms with Crippen LogP contribution >= 0.6 is 0 Å². The standard InChI is InChI=1S/C60H105NO5/c1-4-7-10-13-16-19-22-25-28-30-32-35-38-41-44-47-50-53-60(65)66-56(51-48-45-42-39-36-33-31-29-26-23-20-17-14-11-8-5-2)54-59(64)61-57(55-62)58(63)52-49-46-43-40-37-34-27-24-21-18-15-12-9-6-3/h16-17,19-20,23,25-26,28-29,31-33,35-36,56-58,62-63H,4-15,18,21-22,24,27,30,34,37-55H2,1-3H3,(H,61,64)/b19-16-,20-17+,26-23+,28-25-,31-29+,35-32-,36-33+. The molecule has 1 amide bonds. The molecule has 380 valence electrons. The summed E-state index contributed by atoms with van der Waals surface area (Å²) in [7, 11) is 0. The molecule has 0 saturated heterocycles. The molecule has 0 heterocycles. The fourth-order valence-corrected chi connectivity index (χ4v) is 8.04. The second kappa shape index (κ2) is 53.0. The van der Waals surface area contributed by atoms with Crippen molar-refractivity contribution in [2.24, 2.45) is 0 Å². The molecule has 66 heavy (non-hydrogen) atoms. The summed E-state index contributed by atoms with van der Waals surface area (Å²) in [6.07, 6.45) is 69.2. The lowest BCUT2D eigenvalue weighted by Gasteiger charge is -2.24. The van der Waals surface area contributed by atoms with Gasteiger partial charge in [0.1, 0.15) is 6.10 Å². The molecule has 6 heteroatoms. The fraction of sp³-hybridized carbons (Fsp3) is 0.733. The lowest BCUT2D eigenvalue weighted by Crippen LogP contribution is -2.46. The first-order valence-corrected chi connectivity index (χ1v) is 27.9. The second-order valence-corrected chi connectivity index (χ2v) is 18.7. The minimum atomic E-state index is -0.807. The molecule has 0 bridgehead atoms. The lowest BCUT2D eigenvalue weighted by molar-refractivity contribution is -0.151. The molecule has 3 N–H and O–H groups in total. The molecule has 3 unspecified atom stereocenters. The number of esters is 1. The van der Waals surface area contributed by atoms with Crippen molar-refractivity contribution >= 4 is 11.9 Å². The van der Waals surface area contributed by atoms with Crippen LogP contribution in [-0.4, -0.2) is 46.9 Å². The van der Waals surface area contributed by atoms with E-state index in [1.165, 1.54) is 116 Å². The molecule has 0 fully saturated rings. The number of unbranched alkanes of at least 4 members (excludes halogenated alkanes) is 26. The van der Waals surface area contributed by atoms with Crippen LogP contribution in [0.25, 0.3) is 0 Å². The number of carbonyl (C=O) groups excluding carboxylic acids is 2. The van der Waals surface area contributed by atoms with Gasteiger partial charge in [0, 0.05) is 6.42 Å². The Morgan fingerprint density at radius 1 is 0.455 bits per heavy atom. The van der Waals surface area contributed by atoms with Crippen LogP contribution in [0.1, 0.15) is 258 Å². The molecule has 0 aliphatic rings. The van der Waals surface area contributed by atoms with Gasteiger partial charge in [-0.15, -0.1) is 0 Å². The highest BCUT2D eigenvalue weighted by Crippen LogP contribution is 2.17. The van der Waals surface area contributed by atoms with Crippen LogP contribution in [0, 0.1) is 0 Å². The van der Waals surface area contributed by atoms with Crippen molar-refractivity contribution in [3.05, 3.63) is 85.1 Å². The number of ether oxygens (including phenoxy) is 1. The van der Waals surface area contributed by atoms with Gasteiger partial charge in [-0.25, -0.2) is 0 Å². The van der Waals surface area contributed by atoms with E-state index >= 15 is 0 Å². The minimum absolute atomic E-state index is 0.0389. The Bertz CT molecular complexity index is 1260. The number of hydrogen-bond donors (Lipinski definition) is 3. The number of carbonyl (C=O) groups is 2. The zero-order valence-electron chi connectivity index (χ0n) is 43.3. The van der Waals surface area contributed by atoms with Crippen LogP contribution in [0.15, 0.2) is 85.1 Å². The molecular weight excluding hydrogens is 815 g/mol. The summed E-state index contributed by atoms with van der Waals surface area (Å²) in [5.41, 5.74) is 0. The van der Waals surface area contributed by atoms with E-state index in [2.05, 4.69) is 105 Å². The number of nitrogens with one attached hydrogen (secondary N) is 1. The van der Waals surface area contributed by atoms with Gasteiger partial charge in [0.2, 0.25) is 5.91 Å². The first-order valence-electron chi connectivity index (χ1n) is 27.9. The largest absolute Gasteiger partial charge is 0.462 e. The molecular formula is C60H105NO5. The molecule has 0 saturated carbocycles. The van der Waals surface area contributed by atoms with E-state index in [-0.39, 0.29) is 24.9 Å². The predicted molar refractivity (Wildman–Crippen MR) is 287 cm³/mol. The Balaban J connectivity index is 4.71. The van der Waals surface area contributed by atoms with Crippen molar-refractivity contribution in [1.29, 1.82) is 0 Å². The summed E-state index contributed by atoms with van der Waals surface area (Å²) in [5, 5.41) is 23.8. The Morgan fingerprint density at radius 3 is 1.35 bits per heavy atom. The number of allylic oxidation sites excluding steroid dienone is 14. The van der Waals surface area contributed by atoms with E-state index in [1.807, 2.05) is 6.08 Å². The maximum Gasteiger partial charge on any atom is 0.306 e. The number of aliphatic hydroxyl groups is 2. The Hall–Kier alpha value is -2.96. The number of aliphatic hydroxyl groups excluding tert-OH is 2. The highest BCUT2D eigenvalue weighted by Gasteiger charge is 2.24. The predicted octanol–water partition coefficient (Wildman–Crippen LogP) is 17.1. The molecule has 6 nitrogen and oxygen atoms in total. The van der Waals surface area contributed by atoms with Crippen molar-refractivity contribution in [1.82, 2.24) is 5.32 Å².